The zero-order chi connectivity index (χ0) is 16.4. The number of halogens is 3. The Morgan fingerprint density at radius 1 is 1.27 bits per heavy atom. The summed E-state index contributed by atoms with van der Waals surface area (Å²) in [4.78, 5) is 12.0. The third kappa shape index (κ3) is 4.76. The van der Waals surface area contributed by atoms with Gasteiger partial charge in [0.25, 0.3) is 0 Å². The van der Waals surface area contributed by atoms with Crippen LogP contribution in [0.15, 0.2) is 23.0 Å². The van der Waals surface area contributed by atoms with Crippen LogP contribution in [0, 0.1) is 0 Å². The van der Waals surface area contributed by atoms with E-state index in [2.05, 4.69) is 0 Å². The van der Waals surface area contributed by atoms with Gasteiger partial charge in [-0.1, -0.05) is 6.07 Å². The molecule has 0 amide bonds. The van der Waals surface area contributed by atoms with E-state index in [9.17, 15) is 18.0 Å². The van der Waals surface area contributed by atoms with Crippen LogP contribution in [0.3, 0.4) is 0 Å². The number of aromatic amines is 1. The quantitative estimate of drug-likeness (QED) is 0.791. The van der Waals surface area contributed by atoms with Crippen LogP contribution in [0.1, 0.15) is 26.0 Å². The minimum atomic E-state index is -4.47. The Balaban J connectivity index is 0.000000160. The fourth-order valence-electron chi connectivity index (χ4n) is 2.31. The summed E-state index contributed by atoms with van der Waals surface area (Å²) in [6, 6.07) is 2.89. The van der Waals surface area contributed by atoms with E-state index >= 15 is 0 Å². The summed E-state index contributed by atoms with van der Waals surface area (Å²) in [7, 11) is 0. The van der Waals surface area contributed by atoms with Gasteiger partial charge in [0, 0.05) is 11.8 Å². The Hall–Kier alpha value is -0.990. The lowest BCUT2D eigenvalue weighted by molar-refractivity contribution is -0.144. The molecule has 2 atom stereocenters. The Bertz CT molecular complexity index is 543. The van der Waals surface area contributed by atoms with Crippen LogP contribution in [-0.2, 0) is 15.7 Å². The van der Waals surface area contributed by atoms with Gasteiger partial charge >= 0.3 is 6.18 Å². The molecular formula is C14H18F3NO3S. The van der Waals surface area contributed by atoms with E-state index in [1.165, 1.54) is 5.75 Å². The molecule has 1 N–H and O–H groups in total. The van der Waals surface area contributed by atoms with Crippen molar-refractivity contribution in [1.29, 1.82) is 0 Å². The maximum atomic E-state index is 11.8. The lowest BCUT2D eigenvalue weighted by atomic mass is 10.2. The molecule has 3 rings (SSSR count). The van der Waals surface area contributed by atoms with Crippen LogP contribution in [0.25, 0.3) is 0 Å². The summed E-state index contributed by atoms with van der Waals surface area (Å²) in [6.07, 6.45) is -2.60. The van der Waals surface area contributed by atoms with E-state index < -0.39 is 17.4 Å². The maximum Gasteiger partial charge on any atom is 0.431 e. The fourth-order valence-corrected chi connectivity index (χ4v) is 3.39. The molecule has 0 aliphatic carbocycles. The smallest absolute Gasteiger partial charge is 0.345 e. The molecule has 2 saturated heterocycles. The van der Waals surface area contributed by atoms with Gasteiger partial charge in [-0.05, 0) is 32.1 Å². The maximum absolute atomic E-state index is 11.8. The van der Waals surface area contributed by atoms with Crippen molar-refractivity contribution in [2.24, 2.45) is 0 Å². The molecule has 2 fully saturated rings. The molecule has 2 aliphatic rings. The van der Waals surface area contributed by atoms with E-state index in [1.807, 2.05) is 25.6 Å². The monoisotopic (exact) mass is 337 g/mol. The summed E-state index contributed by atoms with van der Waals surface area (Å²) in [6.45, 7) is 3.99. The summed E-state index contributed by atoms with van der Waals surface area (Å²) in [5, 5.41) is 0. The zero-order valence-corrected chi connectivity index (χ0v) is 13.1. The second-order valence-corrected chi connectivity index (χ2v) is 6.65. The van der Waals surface area contributed by atoms with Gasteiger partial charge in [0.2, 0.25) is 5.56 Å². The first-order chi connectivity index (χ1) is 10.2. The molecule has 0 saturated carbocycles. The van der Waals surface area contributed by atoms with E-state index in [1.54, 1.807) is 4.98 Å². The number of H-pyrrole nitrogens is 1. The Morgan fingerprint density at radius 3 is 2.50 bits per heavy atom. The number of hydrogen-bond acceptors (Lipinski definition) is 4. The molecule has 2 unspecified atom stereocenters. The average molecular weight is 337 g/mol. The van der Waals surface area contributed by atoms with Crippen molar-refractivity contribution in [3.63, 3.8) is 0 Å². The van der Waals surface area contributed by atoms with Crippen molar-refractivity contribution in [2.45, 2.75) is 44.4 Å². The van der Waals surface area contributed by atoms with Crippen LogP contribution >= 0.6 is 11.8 Å². The molecule has 22 heavy (non-hydrogen) atoms. The normalized spacial score (nSPS) is 26.8. The summed E-state index contributed by atoms with van der Waals surface area (Å²) >= 11 is 1.97. The summed E-state index contributed by atoms with van der Waals surface area (Å²) < 4.78 is 46.8. The van der Waals surface area contributed by atoms with Gasteiger partial charge in [-0.25, -0.2) is 0 Å². The highest BCUT2D eigenvalue weighted by molar-refractivity contribution is 7.99. The molecule has 0 radical (unpaired) electrons. The van der Waals surface area contributed by atoms with Gasteiger partial charge in [0.1, 0.15) is 5.69 Å². The molecule has 8 heteroatoms. The van der Waals surface area contributed by atoms with Crippen LogP contribution in [0.2, 0.25) is 0 Å². The molecule has 0 bridgehead atoms. The zero-order valence-electron chi connectivity index (χ0n) is 12.3. The van der Waals surface area contributed by atoms with Crippen molar-refractivity contribution in [3.8, 4) is 0 Å². The molecular weight excluding hydrogens is 319 g/mol. The highest BCUT2D eigenvalue weighted by atomic mass is 32.2. The lowest BCUT2D eigenvalue weighted by Crippen LogP contribution is -2.29. The highest BCUT2D eigenvalue weighted by Gasteiger charge is 2.42. The van der Waals surface area contributed by atoms with Gasteiger partial charge in [-0.3, -0.25) is 4.79 Å². The summed E-state index contributed by atoms with van der Waals surface area (Å²) in [5.74, 6) is 1.99. The summed E-state index contributed by atoms with van der Waals surface area (Å²) in [5.41, 5.74) is -1.77. The SMILES string of the molecule is CC1(C)OC2CCSCC2O1.O=c1cccc(C(F)(F)F)[nH]1. The lowest BCUT2D eigenvalue weighted by Gasteiger charge is -2.20. The molecule has 0 aromatic carbocycles. The largest absolute Gasteiger partial charge is 0.431 e. The highest BCUT2D eigenvalue weighted by Crippen LogP contribution is 2.35. The van der Waals surface area contributed by atoms with E-state index in [0.29, 0.717) is 12.2 Å². The van der Waals surface area contributed by atoms with Crippen molar-refractivity contribution in [3.05, 3.63) is 34.2 Å². The average Bonchev–Trinajstić information content (AvgIpc) is 2.72. The Labute approximate surface area is 130 Å². The number of fused-ring (bicyclic) bond motifs is 1. The number of ether oxygens (including phenoxy) is 2. The molecule has 2 aliphatic heterocycles. The minimum absolute atomic E-state index is 0.333. The van der Waals surface area contributed by atoms with Gasteiger partial charge in [0.05, 0.1) is 12.2 Å². The predicted octanol–water partition coefficient (Wildman–Crippen LogP) is 3.04. The van der Waals surface area contributed by atoms with Gasteiger partial charge < -0.3 is 14.5 Å². The van der Waals surface area contributed by atoms with Gasteiger partial charge in [-0.2, -0.15) is 24.9 Å². The molecule has 1 aromatic rings. The van der Waals surface area contributed by atoms with Crippen LogP contribution < -0.4 is 5.56 Å². The third-order valence-corrected chi connectivity index (χ3v) is 4.28. The molecule has 3 heterocycles. The van der Waals surface area contributed by atoms with Crippen molar-refractivity contribution < 1.29 is 22.6 Å². The van der Waals surface area contributed by atoms with E-state index in [4.69, 9.17) is 9.47 Å². The Kier molecular flexibility index (Phi) is 5.24. The topological polar surface area (TPSA) is 51.3 Å². The minimum Gasteiger partial charge on any atom is -0.345 e. The first-order valence-electron chi connectivity index (χ1n) is 6.87. The first-order valence-corrected chi connectivity index (χ1v) is 8.03. The van der Waals surface area contributed by atoms with Crippen molar-refractivity contribution in [1.82, 2.24) is 4.98 Å². The van der Waals surface area contributed by atoms with Crippen molar-refractivity contribution in [2.75, 3.05) is 11.5 Å². The molecule has 124 valence electrons. The van der Waals surface area contributed by atoms with Gasteiger partial charge in [-0.15, -0.1) is 0 Å². The number of nitrogens with one attached hydrogen (secondary N) is 1. The number of thioether (sulfide) groups is 1. The molecule has 4 nitrogen and oxygen atoms in total. The second kappa shape index (κ2) is 6.64. The number of rotatable bonds is 0. The van der Waals surface area contributed by atoms with Gasteiger partial charge in [0.15, 0.2) is 5.79 Å². The van der Waals surface area contributed by atoms with Crippen LogP contribution in [0.5, 0.6) is 0 Å². The first kappa shape index (κ1) is 17.4. The third-order valence-electron chi connectivity index (χ3n) is 3.19. The van der Waals surface area contributed by atoms with E-state index in [0.717, 1.165) is 30.4 Å². The standard InChI is InChI=1S/C8H14O2S.C6H4F3NO/c1-8(2)9-6-3-4-11-5-7(6)10-8;7-6(8,9)4-2-1-3-5(11)10-4/h6-7H,3-5H2,1-2H3;1-3H,(H,10,11). The van der Waals surface area contributed by atoms with E-state index in [-0.39, 0.29) is 5.79 Å². The fraction of sp³-hybridized carbons (Fsp3) is 0.643. The molecule has 1 aromatic heterocycles. The number of pyridine rings is 1. The van der Waals surface area contributed by atoms with Crippen LogP contribution in [0.4, 0.5) is 13.2 Å². The predicted molar refractivity (Wildman–Crippen MR) is 77.8 cm³/mol. The number of aromatic nitrogens is 1. The number of hydrogen-bond donors (Lipinski definition) is 1. The Morgan fingerprint density at radius 2 is 1.95 bits per heavy atom. The second-order valence-electron chi connectivity index (χ2n) is 5.50. The molecule has 0 spiro atoms. The van der Waals surface area contributed by atoms with Crippen LogP contribution in [-0.4, -0.2) is 34.5 Å². The number of alkyl halides is 3. The van der Waals surface area contributed by atoms with Crippen molar-refractivity contribution >= 4 is 11.8 Å².